The van der Waals surface area contributed by atoms with E-state index in [1.165, 1.54) is 10.5 Å². The maximum absolute atomic E-state index is 13.4. The summed E-state index contributed by atoms with van der Waals surface area (Å²) in [6.45, 7) is 2.14. The third-order valence-corrected chi connectivity index (χ3v) is 7.47. The van der Waals surface area contributed by atoms with E-state index in [2.05, 4.69) is 11.4 Å². The zero-order chi connectivity index (χ0) is 25.9. The van der Waals surface area contributed by atoms with Crippen LogP contribution in [-0.2, 0) is 13.2 Å². The molecule has 1 fully saturated rings. The van der Waals surface area contributed by atoms with Gasteiger partial charge < -0.3 is 16.2 Å². The topological polar surface area (TPSA) is 109 Å². The highest BCUT2D eigenvalue weighted by Gasteiger charge is 2.29. The Balaban J connectivity index is 1.57. The van der Waals surface area contributed by atoms with Gasteiger partial charge in [-0.25, -0.2) is 14.7 Å². The maximum atomic E-state index is 13.4. The summed E-state index contributed by atoms with van der Waals surface area (Å²) in [5, 5.41) is 12.9. The number of aromatic nitrogens is 1. The first-order chi connectivity index (χ1) is 17.9. The summed E-state index contributed by atoms with van der Waals surface area (Å²) in [6.07, 6.45) is 2.26. The van der Waals surface area contributed by atoms with Crippen LogP contribution in [0.1, 0.15) is 50.7 Å². The van der Waals surface area contributed by atoms with Crippen LogP contribution >= 0.6 is 11.3 Å². The van der Waals surface area contributed by atoms with Gasteiger partial charge in [0.15, 0.2) is 5.13 Å². The molecule has 0 saturated heterocycles. The van der Waals surface area contributed by atoms with Gasteiger partial charge in [0, 0.05) is 12.1 Å². The van der Waals surface area contributed by atoms with Crippen LogP contribution in [0.5, 0.6) is 0 Å². The van der Waals surface area contributed by atoms with Crippen molar-refractivity contribution in [1.29, 1.82) is 0 Å². The van der Waals surface area contributed by atoms with Crippen molar-refractivity contribution in [3.05, 3.63) is 99.9 Å². The first kappa shape index (κ1) is 24.7. The zero-order valence-electron chi connectivity index (χ0n) is 20.5. The molecule has 1 aliphatic carbocycles. The van der Waals surface area contributed by atoms with Gasteiger partial charge in [0.2, 0.25) is 0 Å². The van der Waals surface area contributed by atoms with E-state index in [1.807, 2.05) is 55.5 Å². The maximum Gasteiger partial charge on any atom is 0.325 e. The van der Waals surface area contributed by atoms with Crippen LogP contribution in [0, 0.1) is 6.92 Å². The quantitative estimate of drug-likeness (QED) is 0.284. The fraction of sp³-hybridized carbons (Fsp3) is 0.207. The van der Waals surface area contributed by atoms with Crippen molar-refractivity contribution in [1.82, 2.24) is 10.3 Å². The molecule has 0 aliphatic heterocycles. The summed E-state index contributed by atoms with van der Waals surface area (Å²) in [5.74, 6) is 0.200. The van der Waals surface area contributed by atoms with Crippen LogP contribution in [0.15, 0.2) is 72.8 Å². The lowest BCUT2D eigenvalue weighted by molar-refractivity contribution is 0.0955. The van der Waals surface area contributed by atoms with E-state index in [1.54, 1.807) is 18.2 Å². The summed E-state index contributed by atoms with van der Waals surface area (Å²) in [4.78, 5) is 32.7. The fourth-order valence-corrected chi connectivity index (χ4v) is 5.31. The van der Waals surface area contributed by atoms with Crippen molar-refractivity contribution in [3.8, 4) is 11.3 Å². The summed E-state index contributed by atoms with van der Waals surface area (Å²) < 4.78 is 0. The average Bonchev–Trinajstić information content (AvgIpc) is 3.68. The Labute approximate surface area is 219 Å². The Kier molecular flexibility index (Phi) is 7.03. The number of aliphatic hydroxyl groups excluding tert-OH is 1. The van der Waals surface area contributed by atoms with Crippen LogP contribution in [0.4, 0.5) is 15.6 Å². The highest BCUT2D eigenvalue weighted by atomic mass is 32.1. The van der Waals surface area contributed by atoms with E-state index >= 15 is 0 Å². The second-order valence-electron chi connectivity index (χ2n) is 9.19. The molecule has 1 aliphatic rings. The molecule has 3 amide bonds. The molecule has 0 spiro atoms. The molecule has 1 saturated carbocycles. The standard InChI is InChI=1S/C29H28N4O3S/c1-18-10-11-22(21-12-13-21)15-24(18)33(28(30)36)29-32-25(23-9-5-8-20(14-23)17-34)26(37-29)27(35)31-16-19-6-3-2-4-7-19/h2-11,14-15,21,34H,12-13,16-17H2,1H3,(H2,30,36)(H,31,35). The number of rotatable bonds is 8. The van der Waals surface area contributed by atoms with Crippen LogP contribution in [-0.4, -0.2) is 22.0 Å². The Morgan fingerprint density at radius 1 is 1.05 bits per heavy atom. The van der Waals surface area contributed by atoms with Crippen molar-refractivity contribution >= 4 is 34.1 Å². The van der Waals surface area contributed by atoms with Crippen molar-refractivity contribution < 1.29 is 14.7 Å². The number of nitrogens with one attached hydrogen (secondary N) is 1. The largest absolute Gasteiger partial charge is 0.392 e. The van der Waals surface area contributed by atoms with E-state index in [4.69, 9.17) is 10.7 Å². The lowest BCUT2D eigenvalue weighted by Gasteiger charge is -2.20. The summed E-state index contributed by atoms with van der Waals surface area (Å²) in [7, 11) is 0. The first-order valence-corrected chi connectivity index (χ1v) is 13.0. The van der Waals surface area contributed by atoms with E-state index in [0.29, 0.717) is 45.0 Å². The predicted molar refractivity (Wildman–Crippen MR) is 146 cm³/mol. The van der Waals surface area contributed by atoms with Crippen molar-refractivity contribution in [2.75, 3.05) is 4.90 Å². The zero-order valence-corrected chi connectivity index (χ0v) is 21.3. The SMILES string of the molecule is Cc1ccc(C2CC2)cc1N(C(N)=O)c1nc(-c2cccc(CO)c2)c(C(=O)NCc2ccccc2)s1. The van der Waals surface area contributed by atoms with Gasteiger partial charge in [-0.05, 0) is 60.1 Å². The van der Waals surface area contributed by atoms with Gasteiger partial charge in [-0.15, -0.1) is 0 Å². The molecule has 0 bridgehead atoms. The van der Waals surface area contributed by atoms with Crippen LogP contribution < -0.4 is 16.0 Å². The Morgan fingerprint density at radius 3 is 2.51 bits per heavy atom. The van der Waals surface area contributed by atoms with Gasteiger partial charge in [-0.1, -0.05) is 72.0 Å². The smallest absolute Gasteiger partial charge is 0.325 e. The molecule has 0 unspecified atom stereocenters. The van der Waals surface area contributed by atoms with Gasteiger partial charge in [0.25, 0.3) is 5.91 Å². The lowest BCUT2D eigenvalue weighted by Crippen LogP contribution is -2.32. The molecule has 37 heavy (non-hydrogen) atoms. The second-order valence-corrected chi connectivity index (χ2v) is 10.2. The molecular formula is C29H28N4O3S. The van der Waals surface area contributed by atoms with E-state index in [9.17, 15) is 14.7 Å². The number of nitrogens with zero attached hydrogens (tertiary/aromatic N) is 2. The number of nitrogens with two attached hydrogens (primary N) is 1. The normalized spacial score (nSPS) is 12.8. The number of anilines is 2. The van der Waals surface area contributed by atoms with Crippen molar-refractivity contribution in [3.63, 3.8) is 0 Å². The van der Waals surface area contributed by atoms with Gasteiger partial charge in [-0.2, -0.15) is 0 Å². The van der Waals surface area contributed by atoms with Gasteiger partial charge in [0.05, 0.1) is 18.0 Å². The minimum absolute atomic E-state index is 0.138. The minimum atomic E-state index is -0.670. The number of aliphatic hydroxyl groups is 1. The van der Waals surface area contributed by atoms with Crippen LogP contribution in [0.2, 0.25) is 0 Å². The number of hydrogen-bond acceptors (Lipinski definition) is 5. The van der Waals surface area contributed by atoms with Gasteiger partial charge >= 0.3 is 6.03 Å². The lowest BCUT2D eigenvalue weighted by atomic mass is 10.1. The number of carbonyl (C=O) groups excluding carboxylic acids is 2. The molecular weight excluding hydrogens is 484 g/mol. The fourth-order valence-electron chi connectivity index (χ4n) is 4.28. The Hall–Kier alpha value is -4.01. The number of thiazole rings is 1. The van der Waals surface area contributed by atoms with Gasteiger partial charge in [-0.3, -0.25) is 4.79 Å². The number of hydrogen-bond donors (Lipinski definition) is 3. The summed E-state index contributed by atoms with van der Waals surface area (Å²) in [5.41, 5.74) is 11.4. The number of primary amides is 1. The average molecular weight is 513 g/mol. The molecule has 5 rings (SSSR count). The molecule has 1 aromatic heterocycles. The molecule has 4 aromatic rings. The molecule has 188 valence electrons. The molecule has 7 nitrogen and oxygen atoms in total. The van der Waals surface area contributed by atoms with Gasteiger partial charge in [0.1, 0.15) is 4.88 Å². The highest BCUT2D eigenvalue weighted by molar-refractivity contribution is 7.18. The second kappa shape index (κ2) is 10.5. The summed E-state index contributed by atoms with van der Waals surface area (Å²) >= 11 is 1.12. The molecule has 0 radical (unpaired) electrons. The van der Waals surface area contributed by atoms with Crippen molar-refractivity contribution in [2.24, 2.45) is 5.73 Å². The van der Waals surface area contributed by atoms with E-state index in [0.717, 1.165) is 35.3 Å². The molecule has 4 N–H and O–H groups in total. The number of urea groups is 1. The Bertz CT molecular complexity index is 1450. The van der Waals surface area contributed by atoms with Crippen LogP contribution in [0.25, 0.3) is 11.3 Å². The molecule has 0 atom stereocenters. The number of benzene rings is 3. The van der Waals surface area contributed by atoms with E-state index < -0.39 is 6.03 Å². The molecule has 1 heterocycles. The van der Waals surface area contributed by atoms with Crippen LogP contribution in [0.3, 0.4) is 0 Å². The first-order valence-electron chi connectivity index (χ1n) is 12.2. The number of aryl methyl sites for hydroxylation is 1. The minimum Gasteiger partial charge on any atom is -0.392 e. The monoisotopic (exact) mass is 512 g/mol. The predicted octanol–water partition coefficient (Wildman–Crippen LogP) is 5.64. The number of amides is 3. The highest BCUT2D eigenvalue weighted by Crippen LogP contribution is 2.43. The summed E-state index contributed by atoms with van der Waals surface area (Å²) in [6, 6.07) is 22.3. The third-order valence-electron chi connectivity index (χ3n) is 6.44. The Morgan fingerprint density at radius 2 is 1.81 bits per heavy atom. The van der Waals surface area contributed by atoms with Crippen molar-refractivity contribution in [2.45, 2.75) is 38.8 Å². The molecule has 3 aromatic carbocycles. The van der Waals surface area contributed by atoms with E-state index in [-0.39, 0.29) is 12.5 Å². The molecule has 8 heteroatoms. The third kappa shape index (κ3) is 5.40. The number of carbonyl (C=O) groups is 2.